The Morgan fingerprint density at radius 3 is 2.54 bits per heavy atom. The zero-order chi connectivity index (χ0) is 9.68. The molecule has 1 unspecified atom stereocenters. The van der Waals surface area contributed by atoms with E-state index in [1.165, 1.54) is 30.4 Å². The first kappa shape index (κ1) is 10.3. The maximum atomic E-state index is 3.86. The fourth-order valence-corrected chi connectivity index (χ4v) is 1.81. The molecule has 1 atom stereocenters. The fourth-order valence-electron chi connectivity index (χ4n) is 1.81. The molecule has 0 amide bonds. The zero-order valence-corrected chi connectivity index (χ0v) is 8.47. The molecule has 1 rings (SSSR count). The van der Waals surface area contributed by atoms with Gasteiger partial charge in [0.15, 0.2) is 0 Å². The predicted molar refractivity (Wildman–Crippen MR) is 58.7 cm³/mol. The van der Waals surface area contributed by atoms with Gasteiger partial charge in [-0.15, -0.1) is 0 Å². The predicted octanol–water partition coefficient (Wildman–Crippen LogP) is 2.82. The lowest BCUT2D eigenvalue weighted by Crippen LogP contribution is -2.35. The van der Waals surface area contributed by atoms with Crippen molar-refractivity contribution in [3.8, 4) is 0 Å². The van der Waals surface area contributed by atoms with Crippen LogP contribution in [0.25, 0.3) is 0 Å². The van der Waals surface area contributed by atoms with Crippen LogP contribution < -0.4 is 5.32 Å². The molecule has 0 aromatic rings. The fraction of sp³-hybridized carbons (Fsp3) is 0.500. The molecular formula is C12H19N. The van der Waals surface area contributed by atoms with Crippen molar-refractivity contribution in [3.05, 3.63) is 36.5 Å². The molecule has 0 spiro atoms. The second-order valence-corrected chi connectivity index (χ2v) is 3.55. The van der Waals surface area contributed by atoms with Gasteiger partial charge in [0.05, 0.1) is 0 Å². The van der Waals surface area contributed by atoms with Crippen LogP contribution in [0.4, 0.5) is 0 Å². The van der Waals surface area contributed by atoms with E-state index in [0.717, 1.165) is 6.54 Å². The SMILES string of the molecule is C=C/C(C)=C(\C=C)C1CCCCN1. The number of piperidine rings is 1. The van der Waals surface area contributed by atoms with E-state index in [4.69, 9.17) is 0 Å². The molecule has 13 heavy (non-hydrogen) atoms. The summed E-state index contributed by atoms with van der Waals surface area (Å²) in [6.07, 6.45) is 7.72. The Kier molecular flexibility index (Phi) is 3.97. The van der Waals surface area contributed by atoms with Crippen LogP contribution in [-0.4, -0.2) is 12.6 Å². The Morgan fingerprint density at radius 1 is 1.31 bits per heavy atom. The lowest BCUT2D eigenvalue weighted by Gasteiger charge is -2.25. The Hall–Kier alpha value is -0.820. The monoisotopic (exact) mass is 177 g/mol. The molecular weight excluding hydrogens is 158 g/mol. The Morgan fingerprint density at radius 2 is 2.08 bits per heavy atom. The number of rotatable bonds is 3. The van der Waals surface area contributed by atoms with Gasteiger partial charge in [-0.05, 0) is 37.5 Å². The summed E-state index contributed by atoms with van der Waals surface area (Å²) in [7, 11) is 0. The quantitative estimate of drug-likeness (QED) is 0.654. The third-order valence-corrected chi connectivity index (χ3v) is 2.67. The van der Waals surface area contributed by atoms with Crippen LogP contribution in [0.5, 0.6) is 0 Å². The lowest BCUT2D eigenvalue weighted by molar-refractivity contribution is 0.443. The van der Waals surface area contributed by atoms with Crippen LogP contribution in [0.2, 0.25) is 0 Å². The Bertz CT molecular complexity index is 219. The van der Waals surface area contributed by atoms with Crippen molar-refractivity contribution in [1.82, 2.24) is 5.32 Å². The van der Waals surface area contributed by atoms with Crippen LogP contribution in [0.15, 0.2) is 36.5 Å². The highest BCUT2D eigenvalue weighted by Crippen LogP contribution is 2.19. The lowest BCUT2D eigenvalue weighted by atomic mass is 9.94. The topological polar surface area (TPSA) is 12.0 Å². The van der Waals surface area contributed by atoms with Crippen molar-refractivity contribution in [2.75, 3.05) is 6.54 Å². The minimum Gasteiger partial charge on any atom is -0.310 e. The molecule has 0 radical (unpaired) electrons. The molecule has 0 aliphatic carbocycles. The number of hydrogen-bond acceptors (Lipinski definition) is 1. The van der Waals surface area contributed by atoms with Crippen molar-refractivity contribution < 1.29 is 0 Å². The van der Waals surface area contributed by atoms with E-state index in [-0.39, 0.29) is 0 Å². The van der Waals surface area contributed by atoms with E-state index in [0.29, 0.717) is 6.04 Å². The maximum absolute atomic E-state index is 3.86. The third kappa shape index (κ3) is 2.56. The summed E-state index contributed by atoms with van der Waals surface area (Å²) in [6, 6.07) is 0.504. The average Bonchev–Trinajstić information content (AvgIpc) is 2.20. The van der Waals surface area contributed by atoms with E-state index in [1.807, 2.05) is 12.2 Å². The van der Waals surface area contributed by atoms with Crippen LogP contribution in [0.1, 0.15) is 26.2 Å². The van der Waals surface area contributed by atoms with Gasteiger partial charge in [0.2, 0.25) is 0 Å². The molecule has 0 aromatic carbocycles. The summed E-state index contributed by atoms with van der Waals surface area (Å²) in [5, 5.41) is 3.51. The van der Waals surface area contributed by atoms with Gasteiger partial charge in [-0.1, -0.05) is 31.7 Å². The molecule has 1 aliphatic heterocycles. The van der Waals surface area contributed by atoms with Gasteiger partial charge in [-0.3, -0.25) is 0 Å². The molecule has 0 saturated carbocycles. The smallest absolute Gasteiger partial charge is 0.0322 e. The van der Waals surface area contributed by atoms with E-state index in [1.54, 1.807) is 0 Å². The summed E-state index contributed by atoms with van der Waals surface area (Å²) >= 11 is 0. The second-order valence-electron chi connectivity index (χ2n) is 3.55. The third-order valence-electron chi connectivity index (χ3n) is 2.67. The molecule has 1 aliphatic rings. The van der Waals surface area contributed by atoms with Gasteiger partial charge in [0.1, 0.15) is 0 Å². The highest BCUT2D eigenvalue weighted by atomic mass is 14.9. The minimum absolute atomic E-state index is 0.504. The molecule has 1 nitrogen and oxygen atoms in total. The van der Waals surface area contributed by atoms with E-state index < -0.39 is 0 Å². The van der Waals surface area contributed by atoms with Crippen molar-refractivity contribution in [3.63, 3.8) is 0 Å². The summed E-state index contributed by atoms with van der Waals surface area (Å²) in [6.45, 7) is 10.9. The molecule has 1 saturated heterocycles. The molecule has 0 aromatic heterocycles. The summed E-state index contributed by atoms with van der Waals surface area (Å²) < 4.78 is 0. The van der Waals surface area contributed by atoms with Crippen LogP contribution in [-0.2, 0) is 0 Å². The van der Waals surface area contributed by atoms with Crippen molar-refractivity contribution in [2.24, 2.45) is 0 Å². The first-order chi connectivity index (χ1) is 6.29. The summed E-state index contributed by atoms with van der Waals surface area (Å²) in [5.74, 6) is 0. The van der Waals surface area contributed by atoms with Crippen LogP contribution in [0, 0.1) is 0 Å². The second kappa shape index (κ2) is 5.03. The number of allylic oxidation sites excluding steroid dienone is 2. The van der Waals surface area contributed by atoms with E-state index >= 15 is 0 Å². The van der Waals surface area contributed by atoms with Gasteiger partial charge in [-0.25, -0.2) is 0 Å². The zero-order valence-electron chi connectivity index (χ0n) is 8.47. The highest BCUT2D eigenvalue weighted by molar-refractivity contribution is 5.34. The molecule has 1 heterocycles. The van der Waals surface area contributed by atoms with Crippen LogP contribution in [0.3, 0.4) is 0 Å². The normalized spacial score (nSPS) is 24.8. The maximum Gasteiger partial charge on any atom is 0.0322 e. The average molecular weight is 177 g/mol. The minimum atomic E-state index is 0.504. The summed E-state index contributed by atoms with van der Waals surface area (Å²) in [4.78, 5) is 0. The molecule has 72 valence electrons. The highest BCUT2D eigenvalue weighted by Gasteiger charge is 2.15. The Balaban J connectivity index is 2.75. The molecule has 0 bridgehead atoms. The molecule has 1 N–H and O–H groups in total. The van der Waals surface area contributed by atoms with Crippen LogP contribution >= 0.6 is 0 Å². The number of nitrogens with one attached hydrogen (secondary N) is 1. The van der Waals surface area contributed by atoms with Gasteiger partial charge < -0.3 is 5.32 Å². The van der Waals surface area contributed by atoms with E-state index in [9.17, 15) is 0 Å². The van der Waals surface area contributed by atoms with Gasteiger partial charge in [0.25, 0.3) is 0 Å². The van der Waals surface area contributed by atoms with Gasteiger partial charge in [0, 0.05) is 6.04 Å². The van der Waals surface area contributed by atoms with E-state index in [2.05, 4.69) is 25.4 Å². The molecule has 1 heteroatoms. The standard InChI is InChI=1S/C12H19N/c1-4-10(3)11(5-2)12-8-6-7-9-13-12/h4-5,12-13H,1-2,6-9H2,3H3/b11-10+. The largest absolute Gasteiger partial charge is 0.310 e. The first-order valence-corrected chi connectivity index (χ1v) is 4.98. The number of hydrogen-bond donors (Lipinski definition) is 1. The van der Waals surface area contributed by atoms with Gasteiger partial charge >= 0.3 is 0 Å². The molecule has 1 fully saturated rings. The Labute approximate surface area is 81.2 Å². The van der Waals surface area contributed by atoms with Crippen molar-refractivity contribution in [1.29, 1.82) is 0 Å². The summed E-state index contributed by atoms with van der Waals surface area (Å²) in [5.41, 5.74) is 2.56. The van der Waals surface area contributed by atoms with Gasteiger partial charge in [-0.2, -0.15) is 0 Å². The van der Waals surface area contributed by atoms with Crippen molar-refractivity contribution >= 4 is 0 Å². The van der Waals surface area contributed by atoms with Crippen molar-refractivity contribution in [2.45, 2.75) is 32.2 Å². The first-order valence-electron chi connectivity index (χ1n) is 4.98.